The van der Waals surface area contributed by atoms with E-state index < -0.39 is 5.60 Å². The molecule has 152 valence electrons. The van der Waals surface area contributed by atoms with Crippen LogP contribution in [-0.4, -0.2) is 70.0 Å². The first-order chi connectivity index (χ1) is 12.8. The van der Waals surface area contributed by atoms with E-state index in [0.717, 1.165) is 37.6 Å². The largest absolute Gasteiger partial charge is 0.444 e. The number of aliphatic imine (C=N–C) groups is 1. The van der Waals surface area contributed by atoms with E-state index in [2.05, 4.69) is 25.7 Å². The number of carbonyl (C=O) groups excluding carboxylic acids is 1. The lowest BCUT2D eigenvalue weighted by Gasteiger charge is -2.28. The molecule has 1 aromatic heterocycles. The summed E-state index contributed by atoms with van der Waals surface area (Å²) in [7, 11) is 1.75. The number of aromatic nitrogens is 3. The fraction of sp³-hybridized carbons (Fsp3) is 0.778. The van der Waals surface area contributed by atoms with Crippen LogP contribution in [-0.2, 0) is 17.7 Å². The minimum atomic E-state index is -0.491. The van der Waals surface area contributed by atoms with E-state index >= 15 is 0 Å². The van der Waals surface area contributed by atoms with Gasteiger partial charge in [-0.05, 0) is 33.6 Å². The molecule has 1 amide bonds. The van der Waals surface area contributed by atoms with E-state index in [-0.39, 0.29) is 12.1 Å². The molecule has 0 spiro atoms. The van der Waals surface area contributed by atoms with Crippen LogP contribution < -0.4 is 10.6 Å². The third kappa shape index (κ3) is 6.73. The molecule has 0 radical (unpaired) electrons. The summed E-state index contributed by atoms with van der Waals surface area (Å²) >= 11 is 0. The van der Waals surface area contributed by atoms with Crippen LogP contribution in [0.1, 0.15) is 46.4 Å². The van der Waals surface area contributed by atoms with Crippen molar-refractivity contribution in [2.24, 2.45) is 4.99 Å². The van der Waals surface area contributed by atoms with Gasteiger partial charge in [-0.1, -0.05) is 6.92 Å². The average molecular weight is 380 g/mol. The minimum absolute atomic E-state index is 0.253. The lowest BCUT2D eigenvalue weighted by atomic mass is 10.1. The van der Waals surface area contributed by atoms with E-state index in [1.54, 1.807) is 18.3 Å². The zero-order valence-corrected chi connectivity index (χ0v) is 17.2. The molecular weight excluding hydrogens is 346 g/mol. The molecule has 0 fully saturated rings. The maximum Gasteiger partial charge on any atom is 0.410 e. The second kappa shape index (κ2) is 9.57. The van der Waals surface area contributed by atoms with Gasteiger partial charge in [0.05, 0.1) is 6.54 Å². The first-order valence-electron chi connectivity index (χ1n) is 9.64. The fourth-order valence-corrected chi connectivity index (χ4v) is 2.94. The van der Waals surface area contributed by atoms with Crippen molar-refractivity contribution in [1.29, 1.82) is 0 Å². The molecule has 1 aromatic rings. The van der Waals surface area contributed by atoms with Crippen LogP contribution in [0.25, 0.3) is 0 Å². The molecule has 2 heterocycles. The highest BCUT2D eigenvalue weighted by atomic mass is 16.6. The van der Waals surface area contributed by atoms with Crippen LogP contribution in [0.4, 0.5) is 4.79 Å². The number of nitrogens with one attached hydrogen (secondary N) is 2. The number of nitrogens with zero attached hydrogens (tertiary/aromatic N) is 5. The van der Waals surface area contributed by atoms with Gasteiger partial charge in [0.15, 0.2) is 5.96 Å². The maximum absolute atomic E-state index is 12.3. The second-order valence-electron chi connectivity index (χ2n) is 7.70. The summed E-state index contributed by atoms with van der Waals surface area (Å²) < 4.78 is 7.41. The number of ether oxygens (including phenoxy) is 1. The van der Waals surface area contributed by atoms with Crippen molar-refractivity contribution in [2.75, 3.05) is 26.7 Å². The Morgan fingerprint density at radius 3 is 2.89 bits per heavy atom. The number of rotatable bonds is 6. The fourth-order valence-electron chi connectivity index (χ4n) is 2.94. The van der Waals surface area contributed by atoms with Gasteiger partial charge in [-0.3, -0.25) is 4.99 Å². The number of carbonyl (C=O) groups is 1. The molecule has 1 atom stereocenters. The molecular formula is C18H33N7O2. The van der Waals surface area contributed by atoms with E-state index in [1.165, 1.54) is 0 Å². The smallest absolute Gasteiger partial charge is 0.410 e. The van der Waals surface area contributed by atoms with Crippen molar-refractivity contribution in [3.8, 4) is 0 Å². The minimum Gasteiger partial charge on any atom is -0.444 e. The normalized spacial score (nSPS) is 17.2. The molecule has 0 saturated heterocycles. The number of fused-ring (bicyclic) bond motifs is 1. The summed E-state index contributed by atoms with van der Waals surface area (Å²) in [5, 5.41) is 11.0. The summed E-state index contributed by atoms with van der Waals surface area (Å²) in [6, 6.07) is 0.253. The number of hydrogen-bond donors (Lipinski definition) is 2. The van der Waals surface area contributed by atoms with Crippen LogP contribution in [0.3, 0.4) is 0 Å². The Balaban J connectivity index is 1.79. The summed E-state index contributed by atoms with van der Waals surface area (Å²) in [6.45, 7) is 10.3. The Kier molecular flexibility index (Phi) is 7.44. The molecule has 2 rings (SSSR count). The molecule has 9 nitrogen and oxygen atoms in total. The van der Waals surface area contributed by atoms with Gasteiger partial charge >= 0.3 is 6.09 Å². The van der Waals surface area contributed by atoms with Gasteiger partial charge in [-0.2, -0.15) is 5.10 Å². The molecule has 1 unspecified atom stereocenters. The summed E-state index contributed by atoms with van der Waals surface area (Å²) in [5.74, 6) is 1.76. The number of aryl methyl sites for hydroxylation is 1. The molecule has 9 heteroatoms. The molecule has 2 N–H and O–H groups in total. The molecule has 0 aliphatic carbocycles. The Morgan fingerprint density at radius 1 is 1.44 bits per heavy atom. The molecule has 1 aliphatic heterocycles. The van der Waals surface area contributed by atoms with Gasteiger partial charge < -0.3 is 20.3 Å². The van der Waals surface area contributed by atoms with E-state index in [0.29, 0.717) is 19.6 Å². The van der Waals surface area contributed by atoms with E-state index in [4.69, 9.17) is 4.74 Å². The summed E-state index contributed by atoms with van der Waals surface area (Å²) in [4.78, 5) is 22.6. The third-order valence-electron chi connectivity index (χ3n) is 4.19. The SMILES string of the molecule is CCCN(CCNC(=NC)NC1CCc2ncnn2C1)C(=O)OC(C)(C)C. The molecule has 27 heavy (non-hydrogen) atoms. The van der Waals surface area contributed by atoms with Crippen molar-refractivity contribution in [1.82, 2.24) is 30.3 Å². The number of guanidine groups is 1. The summed E-state index contributed by atoms with van der Waals surface area (Å²) in [6.07, 6.45) is 4.09. The topological polar surface area (TPSA) is 96.7 Å². The van der Waals surface area contributed by atoms with Crippen molar-refractivity contribution in [3.05, 3.63) is 12.2 Å². The quantitative estimate of drug-likeness (QED) is 0.573. The number of hydrogen-bond acceptors (Lipinski definition) is 5. The van der Waals surface area contributed by atoms with Gasteiger partial charge in [0.2, 0.25) is 0 Å². The highest BCUT2D eigenvalue weighted by Gasteiger charge is 2.22. The van der Waals surface area contributed by atoms with E-state index in [9.17, 15) is 4.79 Å². The lowest BCUT2D eigenvalue weighted by Crippen LogP contribution is -2.49. The Labute approximate surface area is 161 Å². The van der Waals surface area contributed by atoms with Crippen molar-refractivity contribution in [3.63, 3.8) is 0 Å². The van der Waals surface area contributed by atoms with E-state index in [1.807, 2.05) is 32.4 Å². The van der Waals surface area contributed by atoms with Crippen LogP contribution in [0.2, 0.25) is 0 Å². The van der Waals surface area contributed by atoms with Crippen LogP contribution in [0.15, 0.2) is 11.3 Å². The van der Waals surface area contributed by atoms with Gasteiger partial charge in [0, 0.05) is 39.1 Å². The first kappa shape index (κ1) is 21.0. The average Bonchev–Trinajstić information content (AvgIpc) is 3.06. The first-order valence-corrected chi connectivity index (χ1v) is 9.64. The van der Waals surface area contributed by atoms with Crippen LogP contribution in [0.5, 0.6) is 0 Å². The van der Waals surface area contributed by atoms with Gasteiger partial charge in [-0.15, -0.1) is 0 Å². The maximum atomic E-state index is 12.3. The predicted molar refractivity (Wildman–Crippen MR) is 105 cm³/mol. The highest BCUT2D eigenvalue weighted by molar-refractivity contribution is 5.80. The Bertz CT molecular complexity index is 636. The zero-order valence-electron chi connectivity index (χ0n) is 17.2. The lowest BCUT2D eigenvalue weighted by molar-refractivity contribution is 0.0253. The Hall–Kier alpha value is -2.32. The van der Waals surface area contributed by atoms with Crippen molar-refractivity contribution < 1.29 is 9.53 Å². The van der Waals surface area contributed by atoms with Gasteiger partial charge in [0.1, 0.15) is 17.8 Å². The Morgan fingerprint density at radius 2 is 2.22 bits per heavy atom. The molecule has 1 aliphatic rings. The van der Waals surface area contributed by atoms with Crippen molar-refractivity contribution >= 4 is 12.1 Å². The highest BCUT2D eigenvalue weighted by Crippen LogP contribution is 2.11. The van der Waals surface area contributed by atoms with Gasteiger partial charge in [-0.25, -0.2) is 14.5 Å². The second-order valence-corrected chi connectivity index (χ2v) is 7.70. The molecule has 0 bridgehead atoms. The monoisotopic (exact) mass is 379 g/mol. The van der Waals surface area contributed by atoms with Crippen LogP contribution >= 0.6 is 0 Å². The van der Waals surface area contributed by atoms with Gasteiger partial charge in [0.25, 0.3) is 0 Å². The predicted octanol–water partition coefficient (Wildman–Crippen LogP) is 1.41. The standard InChI is InChI=1S/C18H33N7O2/c1-6-10-24(17(26)27-18(2,3)4)11-9-20-16(19-5)23-14-7-8-15-21-13-22-25(15)12-14/h13-14H,6-12H2,1-5H3,(H2,19,20,23). The molecule has 0 aromatic carbocycles. The summed E-state index contributed by atoms with van der Waals surface area (Å²) in [5.41, 5.74) is -0.491. The number of amides is 1. The molecule has 0 saturated carbocycles. The zero-order chi connectivity index (χ0) is 19.9. The van der Waals surface area contributed by atoms with Crippen molar-refractivity contribution in [2.45, 2.75) is 65.1 Å². The third-order valence-corrected chi connectivity index (χ3v) is 4.19. The van der Waals surface area contributed by atoms with Crippen LogP contribution in [0, 0.1) is 0 Å².